The molecule has 166 valence electrons. The number of benzene rings is 1. The number of carbonyl (C=O) groups is 2. The lowest BCUT2D eigenvalue weighted by Gasteiger charge is -2.28. The Morgan fingerprint density at radius 3 is 2.53 bits per heavy atom. The maximum atomic E-state index is 13.3. The van der Waals surface area contributed by atoms with Gasteiger partial charge < -0.3 is 14.4 Å². The Morgan fingerprint density at radius 2 is 1.84 bits per heavy atom. The van der Waals surface area contributed by atoms with Crippen molar-refractivity contribution in [2.75, 3.05) is 14.1 Å². The van der Waals surface area contributed by atoms with Crippen LogP contribution < -0.4 is 0 Å². The number of hydrogen-bond acceptors (Lipinski definition) is 4. The molecule has 4 heterocycles. The predicted molar refractivity (Wildman–Crippen MR) is 120 cm³/mol. The van der Waals surface area contributed by atoms with Crippen LogP contribution in [0.15, 0.2) is 42.6 Å². The lowest BCUT2D eigenvalue weighted by Crippen LogP contribution is -2.43. The van der Waals surface area contributed by atoms with Crippen molar-refractivity contribution in [3.05, 3.63) is 59.7 Å². The smallest absolute Gasteiger partial charge is 0.273 e. The lowest BCUT2D eigenvalue weighted by molar-refractivity contribution is -0.134. The van der Waals surface area contributed by atoms with Crippen LogP contribution in [0.5, 0.6) is 0 Å². The van der Waals surface area contributed by atoms with E-state index in [1.165, 1.54) is 0 Å². The van der Waals surface area contributed by atoms with Crippen LogP contribution in [-0.2, 0) is 24.3 Å². The van der Waals surface area contributed by atoms with Crippen LogP contribution >= 0.6 is 0 Å². The summed E-state index contributed by atoms with van der Waals surface area (Å²) in [7, 11) is 3.50. The van der Waals surface area contributed by atoms with Crippen LogP contribution in [0.2, 0.25) is 0 Å². The highest BCUT2D eigenvalue weighted by Gasteiger charge is 2.42. The average Bonchev–Trinajstić information content (AvgIpc) is 3.42. The fourth-order valence-corrected chi connectivity index (χ4v) is 5.03. The van der Waals surface area contributed by atoms with Crippen molar-refractivity contribution >= 4 is 11.8 Å². The number of fused-ring (bicyclic) bond motifs is 3. The first kappa shape index (κ1) is 20.5. The topological polar surface area (TPSA) is 76.3 Å². The summed E-state index contributed by atoms with van der Waals surface area (Å²) >= 11 is 0. The molecule has 5 rings (SSSR count). The normalized spacial score (nSPS) is 19.5. The van der Waals surface area contributed by atoms with Gasteiger partial charge in [-0.05, 0) is 25.8 Å². The van der Waals surface area contributed by atoms with E-state index >= 15 is 0 Å². The fraction of sp³-hybridized carbons (Fsp3) is 0.417. The Bertz CT molecular complexity index is 1160. The average molecular weight is 433 g/mol. The SMILES string of the molecule is Cc1ccn(CC(=O)N2[C@@H]3CC[C@H]2Cc2c(C(=O)N(C)C)nc(-c4ccccc4)n2C3)n1. The standard InChI is InChI=1S/C24H28N6O2/c1-16-11-12-28(26-16)15-21(31)30-18-9-10-19(30)14-29-20(13-18)22(24(32)27(2)3)25-23(29)17-7-5-4-6-8-17/h4-8,11-12,18-19H,9-10,13-15H2,1-3H3/t18-,19+/m0/s1. The minimum absolute atomic E-state index is 0.0689. The summed E-state index contributed by atoms with van der Waals surface area (Å²) in [6, 6.07) is 12.0. The lowest BCUT2D eigenvalue weighted by atomic mass is 10.0. The third-order valence-electron chi connectivity index (χ3n) is 6.51. The largest absolute Gasteiger partial charge is 0.343 e. The first-order valence-electron chi connectivity index (χ1n) is 11.1. The van der Waals surface area contributed by atoms with E-state index in [2.05, 4.69) is 9.67 Å². The van der Waals surface area contributed by atoms with Crippen molar-refractivity contribution in [2.45, 2.75) is 51.4 Å². The zero-order chi connectivity index (χ0) is 22.4. The molecule has 2 aromatic heterocycles. The van der Waals surface area contributed by atoms with Gasteiger partial charge >= 0.3 is 0 Å². The highest BCUT2D eigenvalue weighted by molar-refractivity contribution is 5.94. The van der Waals surface area contributed by atoms with Gasteiger partial charge in [0, 0.05) is 44.9 Å². The highest BCUT2D eigenvalue weighted by Crippen LogP contribution is 2.36. The molecule has 0 aliphatic carbocycles. The Morgan fingerprint density at radius 1 is 1.09 bits per heavy atom. The Kier molecular flexibility index (Phi) is 5.07. The van der Waals surface area contributed by atoms with Crippen LogP contribution in [0, 0.1) is 6.92 Å². The predicted octanol–water partition coefficient (Wildman–Crippen LogP) is 2.37. The van der Waals surface area contributed by atoms with Gasteiger partial charge in [-0.15, -0.1) is 0 Å². The second-order valence-electron chi connectivity index (χ2n) is 8.95. The van der Waals surface area contributed by atoms with Crippen LogP contribution in [0.25, 0.3) is 11.4 Å². The molecule has 8 heteroatoms. The number of hydrogen-bond donors (Lipinski definition) is 0. The Balaban J connectivity index is 1.52. The molecule has 2 bridgehead atoms. The van der Waals surface area contributed by atoms with Crippen molar-refractivity contribution in [3.8, 4) is 11.4 Å². The molecule has 1 saturated heterocycles. The number of nitrogens with zero attached hydrogens (tertiary/aromatic N) is 6. The van der Waals surface area contributed by atoms with Gasteiger partial charge in [0.15, 0.2) is 0 Å². The summed E-state index contributed by atoms with van der Waals surface area (Å²) in [5.74, 6) is 0.785. The second-order valence-corrected chi connectivity index (χ2v) is 8.95. The van der Waals surface area contributed by atoms with Gasteiger partial charge in [0.1, 0.15) is 18.1 Å². The van der Waals surface area contributed by atoms with Crippen molar-refractivity contribution in [2.24, 2.45) is 0 Å². The van der Waals surface area contributed by atoms with Crippen molar-refractivity contribution in [1.82, 2.24) is 29.1 Å². The Labute approximate surface area is 187 Å². The molecule has 8 nitrogen and oxygen atoms in total. The van der Waals surface area contributed by atoms with Gasteiger partial charge in [-0.1, -0.05) is 30.3 Å². The molecule has 0 N–H and O–H groups in total. The van der Waals surface area contributed by atoms with Gasteiger partial charge in [0.05, 0.1) is 17.4 Å². The third-order valence-corrected chi connectivity index (χ3v) is 6.51. The molecule has 2 atom stereocenters. The van der Waals surface area contributed by atoms with Crippen LogP contribution in [0.1, 0.15) is 34.7 Å². The van der Waals surface area contributed by atoms with E-state index < -0.39 is 0 Å². The van der Waals surface area contributed by atoms with Crippen molar-refractivity contribution < 1.29 is 9.59 Å². The molecule has 2 amide bonds. The van der Waals surface area contributed by atoms with E-state index in [9.17, 15) is 9.59 Å². The van der Waals surface area contributed by atoms with Gasteiger partial charge in [-0.2, -0.15) is 5.10 Å². The zero-order valence-corrected chi connectivity index (χ0v) is 18.7. The number of aryl methyl sites for hydroxylation is 1. The number of aromatic nitrogens is 4. The number of amides is 2. The van der Waals surface area contributed by atoms with Crippen LogP contribution in [-0.4, -0.2) is 67.1 Å². The number of imidazole rings is 1. The van der Waals surface area contributed by atoms with Gasteiger partial charge in [0.2, 0.25) is 5.91 Å². The molecule has 1 aromatic carbocycles. The monoisotopic (exact) mass is 432 g/mol. The van der Waals surface area contributed by atoms with Crippen LogP contribution in [0.3, 0.4) is 0 Å². The molecule has 0 saturated carbocycles. The Hall–Kier alpha value is -3.42. The molecule has 0 spiro atoms. The first-order valence-corrected chi connectivity index (χ1v) is 11.1. The van der Waals surface area contributed by atoms with E-state index in [0.29, 0.717) is 18.7 Å². The van der Waals surface area contributed by atoms with E-state index in [4.69, 9.17) is 4.98 Å². The molecule has 1 fully saturated rings. The molecular weight excluding hydrogens is 404 g/mol. The second kappa shape index (κ2) is 7.93. The van der Waals surface area contributed by atoms with E-state index in [-0.39, 0.29) is 30.4 Å². The third kappa shape index (κ3) is 3.49. The summed E-state index contributed by atoms with van der Waals surface area (Å²) in [5.41, 5.74) is 3.31. The molecule has 0 unspecified atom stereocenters. The molecule has 2 aliphatic rings. The van der Waals surface area contributed by atoms with E-state index in [0.717, 1.165) is 35.6 Å². The maximum Gasteiger partial charge on any atom is 0.273 e. The molecular formula is C24H28N6O2. The van der Waals surface area contributed by atoms with Crippen molar-refractivity contribution in [1.29, 1.82) is 0 Å². The zero-order valence-electron chi connectivity index (χ0n) is 18.7. The quantitative estimate of drug-likeness (QED) is 0.634. The molecule has 3 aromatic rings. The summed E-state index contributed by atoms with van der Waals surface area (Å²) in [5, 5.41) is 4.38. The van der Waals surface area contributed by atoms with E-state index in [1.807, 2.05) is 54.4 Å². The van der Waals surface area contributed by atoms with Gasteiger partial charge in [-0.25, -0.2) is 4.98 Å². The van der Waals surface area contributed by atoms with Crippen LogP contribution in [0.4, 0.5) is 0 Å². The van der Waals surface area contributed by atoms with Gasteiger partial charge in [0.25, 0.3) is 5.91 Å². The summed E-state index contributed by atoms with van der Waals surface area (Å²) in [6.07, 6.45) is 4.38. The number of rotatable bonds is 4. The maximum absolute atomic E-state index is 13.3. The molecule has 0 radical (unpaired) electrons. The van der Waals surface area contributed by atoms with E-state index in [1.54, 1.807) is 23.7 Å². The fourth-order valence-electron chi connectivity index (χ4n) is 5.03. The minimum Gasteiger partial charge on any atom is -0.343 e. The summed E-state index contributed by atoms with van der Waals surface area (Å²) < 4.78 is 3.88. The van der Waals surface area contributed by atoms with Crippen molar-refractivity contribution in [3.63, 3.8) is 0 Å². The summed E-state index contributed by atoms with van der Waals surface area (Å²) in [4.78, 5) is 34.7. The summed E-state index contributed by atoms with van der Waals surface area (Å²) in [6.45, 7) is 2.81. The number of carbonyl (C=O) groups excluding carboxylic acids is 2. The first-order chi connectivity index (χ1) is 15.4. The minimum atomic E-state index is -0.0985. The molecule has 2 aliphatic heterocycles. The highest BCUT2D eigenvalue weighted by atomic mass is 16.2. The van der Waals surface area contributed by atoms with Gasteiger partial charge in [-0.3, -0.25) is 14.3 Å². The molecule has 32 heavy (non-hydrogen) atoms.